The monoisotopic (exact) mass is 373 g/mol. The summed E-state index contributed by atoms with van der Waals surface area (Å²) in [6.07, 6.45) is 0. The molecular weight excluding hydrogens is 350 g/mol. The van der Waals surface area contributed by atoms with E-state index in [0.29, 0.717) is 10.9 Å². The topological polar surface area (TPSA) is 57.2 Å². The molecule has 3 rings (SSSR count). The summed E-state index contributed by atoms with van der Waals surface area (Å²) in [7, 11) is 3.25. The molecule has 6 nitrogen and oxygen atoms in total. The highest BCUT2D eigenvalue weighted by molar-refractivity contribution is 7.80. The molecule has 0 aromatic heterocycles. The van der Waals surface area contributed by atoms with Crippen LogP contribution in [0.25, 0.3) is 0 Å². The maximum Gasteiger partial charge on any atom is 0.173 e. The number of phenols is 1. The second-order valence-electron chi connectivity index (χ2n) is 5.99. The van der Waals surface area contributed by atoms with Gasteiger partial charge in [0.1, 0.15) is 17.2 Å². The predicted molar refractivity (Wildman–Crippen MR) is 108 cm³/mol. The first-order chi connectivity index (χ1) is 12.6. The van der Waals surface area contributed by atoms with Crippen molar-refractivity contribution in [3.8, 4) is 17.2 Å². The summed E-state index contributed by atoms with van der Waals surface area (Å²) in [4.78, 5) is 4.38. The summed E-state index contributed by atoms with van der Waals surface area (Å²) < 4.78 is 10.6. The van der Waals surface area contributed by atoms with Crippen LogP contribution in [0.5, 0.6) is 17.2 Å². The molecule has 2 aromatic rings. The van der Waals surface area contributed by atoms with E-state index in [0.717, 1.165) is 43.3 Å². The van der Waals surface area contributed by atoms with Crippen LogP contribution in [0.3, 0.4) is 0 Å². The molecule has 1 aliphatic rings. The second kappa shape index (κ2) is 8.14. The van der Waals surface area contributed by atoms with E-state index in [4.69, 9.17) is 21.7 Å². The SMILES string of the molecule is COc1ccc(NC(=S)N2CCN(c3cccc(O)c3)CC2)c(OC)c1. The number of methoxy groups -OCH3 is 2. The molecule has 0 unspecified atom stereocenters. The number of hydrogen-bond donors (Lipinski definition) is 2. The molecule has 0 atom stereocenters. The third kappa shape index (κ3) is 4.11. The van der Waals surface area contributed by atoms with E-state index in [-0.39, 0.29) is 5.75 Å². The zero-order valence-electron chi connectivity index (χ0n) is 14.9. The van der Waals surface area contributed by atoms with Crippen LogP contribution in [0, 0.1) is 0 Å². The van der Waals surface area contributed by atoms with Crippen molar-refractivity contribution in [3.63, 3.8) is 0 Å². The first kappa shape index (κ1) is 18.1. The van der Waals surface area contributed by atoms with Gasteiger partial charge in [0.15, 0.2) is 5.11 Å². The lowest BCUT2D eigenvalue weighted by molar-refractivity contribution is 0.388. The Morgan fingerprint density at radius 2 is 1.81 bits per heavy atom. The third-order valence-corrected chi connectivity index (χ3v) is 4.77. The molecule has 1 heterocycles. The lowest BCUT2D eigenvalue weighted by Crippen LogP contribution is -2.50. The number of phenolic OH excluding ortho intramolecular Hbond substituents is 1. The van der Waals surface area contributed by atoms with Crippen LogP contribution in [-0.4, -0.2) is 55.5 Å². The smallest absolute Gasteiger partial charge is 0.173 e. The highest BCUT2D eigenvalue weighted by Gasteiger charge is 2.20. The summed E-state index contributed by atoms with van der Waals surface area (Å²) in [5.41, 5.74) is 1.84. The fourth-order valence-corrected chi connectivity index (χ4v) is 3.25. The highest BCUT2D eigenvalue weighted by Crippen LogP contribution is 2.29. The van der Waals surface area contributed by atoms with Crippen molar-refractivity contribution < 1.29 is 14.6 Å². The van der Waals surface area contributed by atoms with Gasteiger partial charge in [-0.25, -0.2) is 0 Å². The summed E-state index contributed by atoms with van der Waals surface area (Å²) in [6.45, 7) is 3.29. The minimum atomic E-state index is 0.286. The number of nitrogens with one attached hydrogen (secondary N) is 1. The minimum Gasteiger partial charge on any atom is -0.508 e. The molecule has 7 heteroatoms. The van der Waals surface area contributed by atoms with Gasteiger partial charge in [-0.15, -0.1) is 0 Å². The first-order valence-electron chi connectivity index (χ1n) is 8.42. The third-order valence-electron chi connectivity index (χ3n) is 4.41. The molecule has 0 saturated carbocycles. The van der Waals surface area contributed by atoms with Crippen molar-refractivity contribution in [1.29, 1.82) is 0 Å². The van der Waals surface area contributed by atoms with Gasteiger partial charge in [0, 0.05) is 44.0 Å². The number of thiocarbonyl (C=S) groups is 1. The van der Waals surface area contributed by atoms with Crippen LogP contribution in [0.2, 0.25) is 0 Å². The van der Waals surface area contributed by atoms with Gasteiger partial charge in [-0.3, -0.25) is 0 Å². The Balaban J connectivity index is 1.60. The molecule has 0 bridgehead atoms. The van der Waals surface area contributed by atoms with Gasteiger partial charge in [0.25, 0.3) is 0 Å². The lowest BCUT2D eigenvalue weighted by atomic mass is 10.2. The maximum atomic E-state index is 9.65. The predicted octanol–water partition coefficient (Wildman–Crippen LogP) is 2.93. The zero-order valence-corrected chi connectivity index (χ0v) is 15.8. The van der Waals surface area contributed by atoms with Gasteiger partial charge >= 0.3 is 0 Å². The van der Waals surface area contributed by atoms with Gasteiger partial charge in [-0.1, -0.05) is 6.07 Å². The van der Waals surface area contributed by atoms with E-state index in [2.05, 4.69) is 15.1 Å². The van der Waals surface area contributed by atoms with Crippen molar-refractivity contribution in [1.82, 2.24) is 4.90 Å². The summed E-state index contributed by atoms with van der Waals surface area (Å²) >= 11 is 5.57. The van der Waals surface area contributed by atoms with Crippen LogP contribution in [0.1, 0.15) is 0 Å². The Labute approximate surface area is 158 Å². The molecule has 26 heavy (non-hydrogen) atoms. The number of ether oxygens (including phenoxy) is 2. The zero-order chi connectivity index (χ0) is 18.5. The Kier molecular flexibility index (Phi) is 5.68. The summed E-state index contributed by atoms with van der Waals surface area (Å²) in [6, 6.07) is 12.9. The fourth-order valence-electron chi connectivity index (χ4n) is 2.95. The minimum absolute atomic E-state index is 0.286. The van der Waals surface area contributed by atoms with E-state index in [1.165, 1.54) is 0 Å². The standard InChI is InChI=1S/C19H23N3O3S/c1-24-16-6-7-17(18(13-16)25-2)20-19(26)22-10-8-21(9-11-22)14-4-3-5-15(23)12-14/h3-7,12-13,23H,8-11H2,1-2H3,(H,20,26). The van der Waals surface area contributed by atoms with Gasteiger partial charge < -0.3 is 29.7 Å². The quantitative estimate of drug-likeness (QED) is 0.799. The number of benzene rings is 2. The number of anilines is 2. The van der Waals surface area contributed by atoms with Crippen LogP contribution in [0.4, 0.5) is 11.4 Å². The highest BCUT2D eigenvalue weighted by atomic mass is 32.1. The van der Waals surface area contributed by atoms with Gasteiger partial charge in [0.2, 0.25) is 0 Å². The number of aromatic hydroxyl groups is 1. The van der Waals surface area contributed by atoms with Crippen molar-refractivity contribution >= 4 is 28.7 Å². The summed E-state index contributed by atoms with van der Waals surface area (Å²) in [5, 5.41) is 13.6. The van der Waals surface area contributed by atoms with E-state index in [9.17, 15) is 5.11 Å². The summed E-state index contributed by atoms with van der Waals surface area (Å²) in [5.74, 6) is 1.71. The number of piperazine rings is 1. The molecule has 138 valence electrons. The average molecular weight is 373 g/mol. The van der Waals surface area contributed by atoms with Gasteiger partial charge in [-0.2, -0.15) is 0 Å². The first-order valence-corrected chi connectivity index (χ1v) is 8.83. The average Bonchev–Trinajstić information content (AvgIpc) is 2.68. The Bertz CT molecular complexity index is 776. The van der Waals surface area contributed by atoms with Crippen molar-refractivity contribution in [3.05, 3.63) is 42.5 Å². The van der Waals surface area contributed by atoms with E-state index in [1.807, 2.05) is 30.3 Å². The van der Waals surface area contributed by atoms with Crippen LogP contribution >= 0.6 is 12.2 Å². The van der Waals surface area contributed by atoms with Crippen molar-refractivity contribution in [2.24, 2.45) is 0 Å². The van der Waals surface area contributed by atoms with Gasteiger partial charge in [0.05, 0.1) is 19.9 Å². The molecule has 0 radical (unpaired) electrons. The molecule has 0 aliphatic carbocycles. The fraction of sp³-hybridized carbons (Fsp3) is 0.316. The van der Waals surface area contributed by atoms with E-state index < -0.39 is 0 Å². The van der Waals surface area contributed by atoms with Crippen LogP contribution < -0.4 is 19.7 Å². The molecule has 1 saturated heterocycles. The maximum absolute atomic E-state index is 9.65. The largest absolute Gasteiger partial charge is 0.508 e. The van der Waals surface area contributed by atoms with E-state index in [1.54, 1.807) is 26.4 Å². The van der Waals surface area contributed by atoms with Crippen LogP contribution in [0.15, 0.2) is 42.5 Å². The molecule has 1 fully saturated rings. The van der Waals surface area contributed by atoms with Crippen molar-refractivity contribution in [2.45, 2.75) is 0 Å². The number of nitrogens with zero attached hydrogens (tertiary/aromatic N) is 2. The Morgan fingerprint density at radius 3 is 2.46 bits per heavy atom. The number of rotatable bonds is 4. The number of hydrogen-bond acceptors (Lipinski definition) is 5. The van der Waals surface area contributed by atoms with Crippen molar-refractivity contribution in [2.75, 3.05) is 50.6 Å². The Morgan fingerprint density at radius 1 is 1.04 bits per heavy atom. The molecule has 2 N–H and O–H groups in total. The molecule has 0 spiro atoms. The van der Waals surface area contributed by atoms with Crippen LogP contribution in [-0.2, 0) is 0 Å². The van der Waals surface area contributed by atoms with E-state index >= 15 is 0 Å². The molecular formula is C19H23N3O3S. The lowest BCUT2D eigenvalue weighted by Gasteiger charge is -2.37. The molecule has 0 amide bonds. The molecule has 1 aliphatic heterocycles. The normalized spacial score (nSPS) is 14.1. The second-order valence-corrected chi connectivity index (χ2v) is 6.38. The molecule has 2 aromatic carbocycles. The van der Waals surface area contributed by atoms with Gasteiger partial charge in [-0.05, 0) is 36.5 Å². The Hall–Kier alpha value is -2.67.